The van der Waals surface area contributed by atoms with E-state index >= 15 is 0 Å². The summed E-state index contributed by atoms with van der Waals surface area (Å²) in [4.78, 5) is 10.6. The summed E-state index contributed by atoms with van der Waals surface area (Å²) in [6.45, 7) is 6.50. The third-order valence-electron chi connectivity index (χ3n) is 4.98. The molecule has 0 bridgehead atoms. The number of hydrogen-bond donors (Lipinski definition) is 2. The fourth-order valence-corrected chi connectivity index (χ4v) is 3.57. The molecule has 0 amide bonds. The van der Waals surface area contributed by atoms with Crippen LogP contribution in [0.1, 0.15) is 37.6 Å². The largest absolute Gasteiger partial charge is 0.373 e. The Morgan fingerprint density at radius 2 is 1.96 bits per heavy atom. The van der Waals surface area contributed by atoms with Crippen LogP contribution in [0.2, 0.25) is 0 Å². The maximum Gasteiger partial charge on any atom is 0.164 e. The fraction of sp³-hybridized carbons (Fsp3) is 0.400. The minimum Gasteiger partial charge on any atom is -0.373 e. The van der Waals surface area contributed by atoms with Gasteiger partial charge in [-0.2, -0.15) is 0 Å². The highest BCUT2D eigenvalue weighted by Gasteiger charge is 2.14. The summed E-state index contributed by atoms with van der Waals surface area (Å²) in [5.41, 5.74) is 5.21. The molecule has 2 heterocycles. The molecule has 1 unspecified atom stereocenters. The molecule has 5 nitrogen and oxygen atoms in total. The van der Waals surface area contributed by atoms with Crippen molar-refractivity contribution in [3.05, 3.63) is 35.7 Å². The van der Waals surface area contributed by atoms with Crippen molar-refractivity contribution in [1.29, 1.82) is 0 Å². The van der Waals surface area contributed by atoms with Gasteiger partial charge in [0.05, 0.1) is 11.4 Å². The first-order chi connectivity index (χ1) is 12.5. The number of fused-ring (bicyclic) bond motifs is 1. The second kappa shape index (κ2) is 7.58. The fourth-order valence-electron chi connectivity index (χ4n) is 2.98. The van der Waals surface area contributed by atoms with Crippen LogP contribution >= 0.6 is 11.8 Å². The number of thioether (sulfide) groups is 1. The van der Waals surface area contributed by atoms with Gasteiger partial charge in [0.15, 0.2) is 5.65 Å². The first-order valence-corrected chi connectivity index (χ1v) is 10.2. The Hall–Kier alpha value is -2.21. The number of rotatable bonds is 6. The van der Waals surface area contributed by atoms with E-state index in [-0.39, 0.29) is 0 Å². The molecular formula is C20H27N5S. The first-order valence-electron chi connectivity index (χ1n) is 8.95. The highest BCUT2D eigenvalue weighted by atomic mass is 32.2. The van der Waals surface area contributed by atoms with Crippen LogP contribution in [0.5, 0.6) is 0 Å². The lowest BCUT2D eigenvalue weighted by atomic mass is 9.98. The van der Waals surface area contributed by atoms with E-state index in [0.29, 0.717) is 5.92 Å². The zero-order valence-corrected chi connectivity index (χ0v) is 17.2. The average Bonchev–Trinajstić information content (AvgIpc) is 2.95. The van der Waals surface area contributed by atoms with E-state index in [9.17, 15) is 0 Å². The summed E-state index contributed by atoms with van der Waals surface area (Å²) in [5.74, 6) is 2.34. The third kappa shape index (κ3) is 3.38. The Balaban J connectivity index is 2.07. The van der Waals surface area contributed by atoms with Gasteiger partial charge in [-0.1, -0.05) is 19.9 Å². The molecule has 0 spiro atoms. The number of hydrogen-bond acceptors (Lipinski definition) is 5. The number of aryl methyl sites for hydroxylation is 2. The van der Waals surface area contributed by atoms with Crippen molar-refractivity contribution < 1.29 is 0 Å². The summed E-state index contributed by atoms with van der Waals surface area (Å²) in [6.07, 6.45) is 3.26. The summed E-state index contributed by atoms with van der Waals surface area (Å²) in [6, 6.07) is 8.70. The highest BCUT2D eigenvalue weighted by Crippen LogP contribution is 2.34. The molecule has 0 fully saturated rings. The Bertz CT molecular complexity index is 932. The monoisotopic (exact) mass is 369 g/mol. The molecule has 0 aliphatic rings. The van der Waals surface area contributed by atoms with E-state index < -0.39 is 0 Å². The normalized spacial score (nSPS) is 12.4. The number of nitrogens with one attached hydrogen (secondary N) is 2. The molecule has 0 aliphatic heterocycles. The Morgan fingerprint density at radius 3 is 2.62 bits per heavy atom. The van der Waals surface area contributed by atoms with Gasteiger partial charge >= 0.3 is 0 Å². The van der Waals surface area contributed by atoms with Gasteiger partial charge in [-0.3, -0.25) is 0 Å². The smallest absolute Gasteiger partial charge is 0.164 e. The van der Waals surface area contributed by atoms with E-state index in [2.05, 4.69) is 53.9 Å². The summed E-state index contributed by atoms with van der Waals surface area (Å²) >= 11 is 1.76. The zero-order valence-electron chi connectivity index (χ0n) is 16.3. The third-order valence-corrected chi connectivity index (χ3v) is 5.76. The van der Waals surface area contributed by atoms with Crippen molar-refractivity contribution in [1.82, 2.24) is 14.5 Å². The minimum absolute atomic E-state index is 0.567. The highest BCUT2D eigenvalue weighted by molar-refractivity contribution is 7.98. The lowest BCUT2D eigenvalue weighted by Gasteiger charge is -2.16. The minimum atomic E-state index is 0.567. The van der Waals surface area contributed by atoms with E-state index in [1.807, 2.05) is 31.7 Å². The quantitative estimate of drug-likeness (QED) is 0.578. The van der Waals surface area contributed by atoms with Gasteiger partial charge in [0.1, 0.15) is 17.2 Å². The summed E-state index contributed by atoms with van der Waals surface area (Å²) in [7, 11) is 3.88. The van der Waals surface area contributed by atoms with Gasteiger partial charge < -0.3 is 15.2 Å². The van der Waals surface area contributed by atoms with Crippen LogP contribution in [0, 0.1) is 6.92 Å². The predicted octanol–water partition coefficient (Wildman–Crippen LogP) is 5.30. The zero-order chi connectivity index (χ0) is 18.8. The topological polar surface area (TPSA) is 54.8 Å². The molecule has 0 aliphatic carbocycles. The Morgan fingerprint density at radius 1 is 1.19 bits per heavy atom. The van der Waals surface area contributed by atoms with E-state index in [4.69, 9.17) is 4.98 Å². The number of anilines is 3. The maximum absolute atomic E-state index is 4.70. The van der Waals surface area contributed by atoms with Crippen molar-refractivity contribution in [2.75, 3.05) is 23.9 Å². The Kier molecular flexibility index (Phi) is 5.41. The van der Waals surface area contributed by atoms with Crippen LogP contribution in [0.25, 0.3) is 11.2 Å². The molecule has 2 N–H and O–H groups in total. The SMILES string of the molecule is CCC(C)c1ccc(Nc2cc(NC)nc3c2nc(C)n3C)c(SC)c1. The van der Waals surface area contributed by atoms with Crippen LogP contribution in [0.4, 0.5) is 17.2 Å². The molecule has 138 valence electrons. The molecule has 0 saturated carbocycles. The van der Waals surface area contributed by atoms with Gasteiger partial charge in [0.2, 0.25) is 0 Å². The second-order valence-corrected chi connectivity index (χ2v) is 7.44. The molecule has 6 heteroatoms. The molecular weight excluding hydrogens is 342 g/mol. The maximum atomic E-state index is 4.70. The molecule has 2 aromatic heterocycles. The van der Waals surface area contributed by atoms with Crippen molar-refractivity contribution in [2.24, 2.45) is 7.05 Å². The first kappa shape index (κ1) is 18.6. The lowest BCUT2D eigenvalue weighted by molar-refractivity contribution is 0.732. The van der Waals surface area contributed by atoms with Gasteiger partial charge in [0, 0.05) is 25.1 Å². The van der Waals surface area contributed by atoms with Crippen molar-refractivity contribution in [3.8, 4) is 0 Å². The van der Waals surface area contributed by atoms with Crippen LogP contribution in [0.3, 0.4) is 0 Å². The number of nitrogens with zero attached hydrogens (tertiary/aromatic N) is 3. The van der Waals surface area contributed by atoms with Crippen molar-refractivity contribution in [2.45, 2.75) is 38.0 Å². The number of imidazole rings is 1. The van der Waals surface area contributed by atoms with E-state index in [0.717, 1.165) is 40.6 Å². The molecule has 1 aromatic carbocycles. The molecule has 26 heavy (non-hydrogen) atoms. The van der Waals surface area contributed by atoms with Gasteiger partial charge in [0.25, 0.3) is 0 Å². The summed E-state index contributed by atoms with van der Waals surface area (Å²) in [5, 5.41) is 6.73. The van der Waals surface area contributed by atoms with Gasteiger partial charge in [-0.05, 0) is 43.2 Å². The van der Waals surface area contributed by atoms with Crippen molar-refractivity contribution >= 4 is 40.1 Å². The van der Waals surface area contributed by atoms with Crippen LogP contribution in [0.15, 0.2) is 29.2 Å². The molecule has 0 saturated heterocycles. The van der Waals surface area contributed by atoms with Crippen LogP contribution in [-0.4, -0.2) is 27.8 Å². The molecule has 3 rings (SSSR count). The number of pyridine rings is 1. The van der Waals surface area contributed by atoms with Crippen LogP contribution in [-0.2, 0) is 7.05 Å². The Labute approximate surface area is 159 Å². The summed E-state index contributed by atoms with van der Waals surface area (Å²) < 4.78 is 2.02. The van der Waals surface area contributed by atoms with Gasteiger partial charge in [-0.15, -0.1) is 11.8 Å². The standard InChI is InChI=1S/C20H27N5S/c1-7-12(2)14-8-9-15(17(10-14)26-6)23-16-11-18(21-4)24-20-19(16)22-13(3)25(20)5/h8-12H,7H2,1-6H3,(H2,21,23,24). The van der Waals surface area contributed by atoms with E-state index in [1.54, 1.807) is 11.8 Å². The number of aromatic nitrogens is 3. The van der Waals surface area contributed by atoms with Crippen LogP contribution < -0.4 is 10.6 Å². The predicted molar refractivity (Wildman–Crippen MR) is 113 cm³/mol. The van der Waals surface area contributed by atoms with Gasteiger partial charge in [-0.25, -0.2) is 9.97 Å². The van der Waals surface area contributed by atoms with E-state index in [1.165, 1.54) is 10.5 Å². The average molecular weight is 370 g/mol. The second-order valence-electron chi connectivity index (χ2n) is 6.59. The molecule has 0 radical (unpaired) electrons. The number of benzene rings is 1. The lowest BCUT2D eigenvalue weighted by Crippen LogP contribution is -2.01. The van der Waals surface area contributed by atoms with Crippen molar-refractivity contribution in [3.63, 3.8) is 0 Å². The molecule has 3 aromatic rings. The molecule has 1 atom stereocenters.